The molecule has 126 valence electrons. The van der Waals surface area contributed by atoms with Gasteiger partial charge in [-0.15, -0.1) is 0 Å². The van der Waals surface area contributed by atoms with E-state index in [4.69, 9.17) is 9.47 Å². The summed E-state index contributed by atoms with van der Waals surface area (Å²) in [6.45, 7) is 3.23. The molecule has 0 bridgehead atoms. The molecule has 0 spiro atoms. The molecule has 1 heterocycles. The lowest BCUT2D eigenvalue weighted by Gasteiger charge is -2.30. The van der Waals surface area contributed by atoms with Crippen LogP contribution in [-0.2, 0) is 20.7 Å². The molecule has 6 heteroatoms. The fraction of sp³-hybridized carbons (Fsp3) is 0.529. The van der Waals surface area contributed by atoms with Gasteiger partial charge in [0.25, 0.3) is 5.91 Å². The number of aryl methyl sites for hydroxylation is 1. The van der Waals surface area contributed by atoms with E-state index in [2.05, 4.69) is 22.9 Å². The minimum Gasteiger partial charge on any atom is -0.483 e. The number of esters is 1. The van der Waals surface area contributed by atoms with Crippen LogP contribution >= 0.6 is 15.9 Å². The summed E-state index contributed by atoms with van der Waals surface area (Å²) in [5.41, 5.74) is 1.21. The number of piperidine rings is 1. The monoisotopic (exact) mass is 383 g/mol. The van der Waals surface area contributed by atoms with Gasteiger partial charge in [0.15, 0.2) is 6.61 Å². The van der Waals surface area contributed by atoms with Gasteiger partial charge >= 0.3 is 5.97 Å². The normalized spacial score (nSPS) is 15.3. The van der Waals surface area contributed by atoms with Crippen LogP contribution in [-0.4, -0.2) is 43.6 Å². The first-order valence-electron chi connectivity index (χ1n) is 7.82. The summed E-state index contributed by atoms with van der Waals surface area (Å²) in [5, 5.41) is 0. The molecule has 1 fully saturated rings. The van der Waals surface area contributed by atoms with Gasteiger partial charge in [0.1, 0.15) is 5.75 Å². The number of hydrogen-bond acceptors (Lipinski definition) is 4. The van der Waals surface area contributed by atoms with Crippen LogP contribution in [0.2, 0.25) is 0 Å². The third-order valence-electron chi connectivity index (χ3n) is 4.14. The Bertz CT molecular complexity index is 568. The number of hydrogen-bond donors (Lipinski definition) is 0. The number of likely N-dealkylation sites (tertiary alicyclic amines) is 1. The number of methoxy groups -OCH3 is 1. The molecule has 0 saturated carbocycles. The molecule has 2 rings (SSSR count). The van der Waals surface area contributed by atoms with Crippen molar-refractivity contribution in [3.8, 4) is 5.75 Å². The van der Waals surface area contributed by atoms with Crippen LogP contribution in [0.25, 0.3) is 0 Å². The minimum absolute atomic E-state index is 0.00691. The molecule has 1 aliphatic heterocycles. The highest BCUT2D eigenvalue weighted by molar-refractivity contribution is 9.10. The van der Waals surface area contributed by atoms with E-state index < -0.39 is 0 Å². The molecule has 0 radical (unpaired) electrons. The summed E-state index contributed by atoms with van der Waals surface area (Å²) >= 11 is 3.46. The Kier molecular flexibility index (Phi) is 6.45. The lowest BCUT2D eigenvalue weighted by atomic mass is 9.97. The van der Waals surface area contributed by atoms with Crippen molar-refractivity contribution in [3.05, 3.63) is 28.2 Å². The van der Waals surface area contributed by atoms with Gasteiger partial charge < -0.3 is 14.4 Å². The first-order valence-corrected chi connectivity index (χ1v) is 8.61. The number of halogens is 1. The van der Waals surface area contributed by atoms with Crippen molar-refractivity contribution in [3.63, 3.8) is 0 Å². The van der Waals surface area contributed by atoms with Crippen molar-refractivity contribution in [1.82, 2.24) is 4.90 Å². The van der Waals surface area contributed by atoms with E-state index in [1.807, 2.05) is 18.2 Å². The van der Waals surface area contributed by atoms with Crippen LogP contribution in [0, 0.1) is 5.92 Å². The van der Waals surface area contributed by atoms with Gasteiger partial charge in [0, 0.05) is 13.1 Å². The molecule has 1 aromatic rings. The fourth-order valence-electron chi connectivity index (χ4n) is 2.64. The van der Waals surface area contributed by atoms with Crippen LogP contribution in [0.15, 0.2) is 22.7 Å². The standard InChI is InChI=1S/C17H22BrNO4/c1-3-12-4-5-15(14(18)10-12)23-11-16(20)19-8-6-13(7-9-19)17(21)22-2/h4-5,10,13H,3,6-9,11H2,1-2H3. The predicted molar refractivity (Wildman–Crippen MR) is 90.3 cm³/mol. The maximum absolute atomic E-state index is 12.2. The van der Waals surface area contributed by atoms with Crippen LogP contribution < -0.4 is 4.74 Å². The second-order valence-corrected chi connectivity index (χ2v) is 6.44. The minimum atomic E-state index is -0.187. The van der Waals surface area contributed by atoms with Crippen LogP contribution in [0.3, 0.4) is 0 Å². The number of rotatable bonds is 5. The van der Waals surface area contributed by atoms with Crippen molar-refractivity contribution >= 4 is 27.8 Å². The maximum Gasteiger partial charge on any atom is 0.308 e. The van der Waals surface area contributed by atoms with E-state index in [1.54, 1.807) is 4.90 Å². The average Bonchev–Trinajstić information content (AvgIpc) is 2.59. The molecular weight excluding hydrogens is 362 g/mol. The van der Waals surface area contributed by atoms with Gasteiger partial charge in [-0.1, -0.05) is 13.0 Å². The number of ether oxygens (including phenoxy) is 2. The molecule has 1 aliphatic rings. The summed E-state index contributed by atoms with van der Waals surface area (Å²) in [4.78, 5) is 25.5. The van der Waals surface area contributed by atoms with Crippen molar-refractivity contribution < 1.29 is 19.1 Å². The van der Waals surface area contributed by atoms with E-state index >= 15 is 0 Å². The Hall–Kier alpha value is -1.56. The Morgan fingerprint density at radius 1 is 1.30 bits per heavy atom. The van der Waals surface area contributed by atoms with Gasteiger partial charge in [-0.3, -0.25) is 9.59 Å². The van der Waals surface area contributed by atoms with Crippen molar-refractivity contribution in [2.45, 2.75) is 26.2 Å². The molecule has 0 atom stereocenters. The Morgan fingerprint density at radius 3 is 2.57 bits per heavy atom. The summed E-state index contributed by atoms with van der Waals surface area (Å²) in [7, 11) is 1.40. The molecule has 1 amide bonds. The predicted octanol–water partition coefficient (Wildman–Crippen LogP) is 2.80. The summed E-state index contributed by atoms with van der Waals surface area (Å²) in [6.07, 6.45) is 2.24. The third kappa shape index (κ3) is 4.70. The Labute approximate surface area is 145 Å². The van der Waals surface area contributed by atoms with E-state index in [0.29, 0.717) is 31.7 Å². The number of nitrogens with zero attached hydrogens (tertiary/aromatic N) is 1. The first kappa shape index (κ1) is 17.8. The maximum atomic E-state index is 12.2. The zero-order valence-corrected chi connectivity index (χ0v) is 15.1. The van der Waals surface area contributed by atoms with Gasteiger partial charge in [0.2, 0.25) is 0 Å². The van der Waals surface area contributed by atoms with Crippen LogP contribution in [0.5, 0.6) is 5.75 Å². The number of benzene rings is 1. The van der Waals surface area contributed by atoms with E-state index in [1.165, 1.54) is 12.7 Å². The fourth-order valence-corrected chi connectivity index (χ4v) is 3.18. The second kappa shape index (κ2) is 8.34. The topological polar surface area (TPSA) is 55.8 Å². The van der Waals surface area contributed by atoms with Gasteiger partial charge in [0.05, 0.1) is 17.5 Å². The average molecular weight is 384 g/mol. The van der Waals surface area contributed by atoms with Crippen molar-refractivity contribution in [2.24, 2.45) is 5.92 Å². The molecular formula is C17H22BrNO4. The van der Waals surface area contributed by atoms with Crippen molar-refractivity contribution in [2.75, 3.05) is 26.8 Å². The van der Waals surface area contributed by atoms with Crippen LogP contribution in [0.4, 0.5) is 0 Å². The van der Waals surface area contributed by atoms with Crippen molar-refractivity contribution in [1.29, 1.82) is 0 Å². The van der Waals surface area contributed by atoms with Gasteiger partial charge in [-0.25, -0.2) is 0 Å². The quantitative estimate of drug-likeness (QED) is 0.733. The Balaban J connectivity index is 1.83. The Morgan fingerprint density at radius 2 is 2.00 bits per heavy atom. The molecule has 5 nitrogen and oxygen atoms in total. The summed E-state index contributed by atoms with van der Waals surface area (Å²) in [6, 6.07) is 5.87. The molecule has 23 heavy (non-hydrogen) atoms. The molecule has 1 saturated heterocycles. The highest BCUT2D eigenvalue weighted by Gasteiger charge is 2.27. The highest BCUT2D eigenvalue weighted by Crippen LogP contribution is 2.26. The first-order chi connectivity index (χ1) is 11.0. The van der Waals surface area contributed by atoms with Crippen LogP contribution in [0.1, 0.15) is 25.3 Å². The SMILES string of the molecule is CCc1ccc(OCC(=O)N2CCC(C(=O)OC)CC2)c(Br)c1. The van der Waals surface area contributed by atoms with E-state index in [-0.39, 0.29) is 24.4 Å². The number of carbonyl (C=O) groups is 2. The molecule has 0 aromatic heterocycles. The van der Waals surface area contributed by atoms with Gasteiger partial charge in [-0.2, -0.15) is 0 Å². The lowest BCUT2D eigenvalue weighted by molar-refractivity contribution is -0.149. The zero-order chi connectivity index (χ0) is 16.8. The van der Waals surface area contributed by atoms with E-state index in [0.717, 1.165) is 10.9 Å². The lowest BCUT2D eigenvalue weighted by Crippen LogP contribution is -2.42. The summed E-state index contributed by atoms with van der Waals surface area (Å²) in [5.74, 6) is 0.328. The number of amides is 1. The third-order valence-corrected chi connectivity index (χ3v) is 4.76. The highest BCUT2D eigenvalue weighted by atomic mass is 79.9. The zero-order valence-electron chi connectivity index (χ0n) is 13.5. The molecule has 0 N–H and O–H groups in total. The van der Waals surface area contributed by atoms with Gasteiger partial charge in [-0.05, 0) is 52.9 Å². The second-order valence-electron chi connectivity index (χ2n) is 5.59. The number of carbonyl (C=O) groups excluding carboxylic acids is 2. The molecule has 1 aromatic carbocycles. The van der Waals surface area contributed by atoms with E-state index in [9.17, 15) is 9.59 Å². The summed E-state index contributed by atoms with van der Waals surface area (Å²) < 4.78 is 11.2. The smallest absolute Gasteiger partial charge is 0.308 e. The largest absolute Gasteiger partial charge is 0.483 e. The molecule has 0 unspecified atom stereocenters. The molecule has 0 aliphatic carbocycles.